The SMILES string of the molecule is CCc1ccc(OCc2nc3c(s2)C(N)CCC3)cc1. The highest BCUT2D eigenvalue weighted by Gasteiger charge is 2.21. The molecule has 1 aromatic heterocycles. The quantitative estimate of drug-likeness (QED) is 0.934. The van der Waals surface area contributed by atoms with Gasteiger partial charge in [-0.25, -0.2) is 4.98 Å². The van der Waals surface area contributed by atoms with Gasteiger partial charge in [-0.05, 0) is 43.4 Å². The van der Waals surface area contributed by atoms with Crippen molar-refractivity contribution >= 4 is 11.3 Å². The van der Waals surface area contributed by atoms with Crippen LogP contribution in [0.2, 0.25) is 0 Å². The van der Waals surface area contributed by atoms with Crippen molar-refractivity contribution in [2.75, 3.05) is 0 Å². The number of fused-ring (bicyclic) bond motifs is 1. The Bertz CT molecular complexity index is 577. The summed E-state index contributed by atoms with van der Waals surface area (Å²) in [5.74, 6) is 0.902. The van der Waals surface area contributed by atoms with Crippen LogP contribution in [0.5, 0.6) is 5.75 Å². The van der Waals surface area contributed by atoms with Gasteiger partial charge in [0, 0.05) is 10.9 Å². The van der Waals surface area contributed by atoms with Crippen molar-refractivity contribution in [1.29, 1.82) is 0 Å². The van der Waals surface area contributed by atoms with E-state index in [4.69, 9.17) is 10.5 Å². The number of aromatic nitrogens is 1. The van der Waals surface area contributed by atoms with Crippen molar-refractivity contribution < 1.29 is 4.74 Å². The number of ether oxygens (including phenoxy) is 1. The van der Waals surface area contributed by atoms with Crippen LogP contribution in [0.1, 0.15) is 46.9 Å². The molecule has 0 saturated carbocycles. The van der Waals surface area contributed by atoms with Crippen molar-refractivity contribution in [3.05, 3.63) is 45.4 Å². The molecule has 3 rings (SSSR count). The Morgan fingerprint density at radius 3 is 2.85 bits per heavy atom. The highest BCUT2D eigenvalue weighted by molar-refractivity contribution is 7.11. The van der Waals surface area contributed by atoms with Gasteiger partial charge in [-0.15, -0.1) is 11.3 Å². The first-order valence-electron chi connectivity index (χ1n) is 7.22. The Morgan fingerprint density at radius 1 is 1.35 bits per heavy atom. The monoisotopic (exact) mass is 288 g/mol. The fourth-order valence-electron chi connectivity index (χ4n) is 2.53. The van der Waals surface area contributed by atoms with Gasteiger partial charge in [0.15, 0.2) is 0 Å². The summed E-state index contributed by atoms with van der Waals surface area (Å²) < 4.78 is 5.81. The van der Waals surface area contributed by atoms with E-state index in [2.05, 4.69) is 24.0 Å². The van der Waals surface area contributed by atoms with Crippen molar-refractivity contribution in [2.45, 2.75) is 45.3 Å². The normalized spacial score (nSPS) is 17.8. The van der Waals surface area contributed by atoms with Gasteiger partial charge in [-0.2, -0.15) is 0 Å². The summed E-state index contributed by atoms with van der Waals surface area (Å²) in [6.07, 6.45) is 4.34. The second-order valence-corrected chi connectivity index (χ2v) is 6.32. The zero-order valence-electron chi connectivity index (χ0n) is 11.8. The number of hydrogen-bond acceptors (Lipinski definition) is 4. The molecule has 1 aliphatic carbocycles. The van der Waals surface area contributed by atoms with Crippen LogP contribution in [0.3, 0.4) is 0 Å². The van der Waals surface area contributed by atoms with Crippen LogP contribution in [-0.4, -0.2) is 4.98 Å². The van der Waals surface area contributed by atoms with E-state index in [1.165, 1.54) is 16.1 Å². The first-order chi connectivity index (χ1) is 9.76. The molecule has 1 unspecified atom stereocenters. The van der Waals surface area contributed by atoms with Crippen LogP contribution < -0.4 is 10.5 Å². The Morgan fingerprint density at radius 2 is 2.15 bits per heavy atom. The molecule has 1 atom stereocenters. The molecule has 4 heteroatoms. The van der Waals surface area contributed by atoms with E-state index in [9.17, 15) is 0 Å². The molecule has 20 heavy (non-hydrogen) atoms. The van der Waals surface area contributed by atoms with Gasteiger partial charge >= 0.3 is 0 Å². The molecule has 0 saturated heterocycles. The van der Waals surface area contributed by atoms with Crippen LogP contribution in [0, 0.1) is 0 Å². The summed E-state index contributed by atoms with van der Waals surface area (Å²) in [7, 11) is 0. The molecule has 2 N–H and O–H groups in total. The van der Waals surface area contributed by atoms with Crippen molar-refractivity contribution in [3.63, 3.8) is 0 Å². The minimum absolute atomic E-state index is 0.175. The van der Waals surface area contributed by atoms with E-state index < -0.39 is 0 Å². The highest BCUT2D eigenvalue weighted by atomic mass is 32.1. The van der Waals surface area contributed by atoms with Crippen LogP contribution >= 0.6 is 11.3 Å². The summed E-state index contributed by atoms with van der Waals surface area (Å²) in [6, 6.07) is 8.45. The fraction of sp³-hybridized carbons (Fsp3) is 0.438. The maximum absolute atomic E-state index is 6.13. The molecule has 1 aliphatic rings. The Labute approximate surface area is 123 Å². The Balaban J connectivity index is 1.66. The third kappa shape index (κ3) is 2.86. The molecule has 0 bridgehead atoms. The molecule has 106 valence electrons. The third-order valence-corrected chi connectivity index (χ3v) is 4.93. The molecule has 1 aromatic carbocycles. The molecule has 0 fully saturated rings. The standard InChI is InChI=1S/C16H20N2OS/c1-2-11-6-8-12(9-7-11)19-10-15-18-14-5-3-4-13(17)16(14)20-15/h6-9,13H,2-5,10,17H2,1H3. The number of rotatable bonds is 4. The summed E-state index contributed by atoms with van der Waals surface area (Å²) in [5.41, 5.74) is 8.64. The van der Waals surface area contributed by atoms with E-state index in [1.54, 1.807) is 11.3 Å². The lowest BCUT2D eigenvalue weighted by Crippen LogP contribution is -2.15. The maximum atomic E-state index is 6.13. The van der Waals surface area contributed by atoms with Crippen LogP contribution in [0.25, 0.3) is 0 Å². The van der Waals surface area contributed by atoms with Gasteiger partial charge in [0.25, 0.3) is 0 Å². The third-order valence-electron chi connectivity index (χ3n) is 3.73. The maximum Gasteiger partial charge on any atom is 0.140 e. The second-order valence-electron chi connectivity index (χ2n) is 5.20. The number of benzene rings is 1. The van der Waals surface area contributed by atoms with Crippen LogP contribution in [0.15, 0.2) is 24.3 Å². The first kappa shape index (κ1) is 13.6. The fourth-order valence-corrected chi connectivity index (χ4v) is 3.59. The number of aryl methyl sites for hydroxylation is 2. The van der Waals surface area contributed by atoms with E-state index in [1.807, 2.05) is 12.1 Å². The zero-order valence-corrected chi connectivity index (χ0v) is 12.6. The van der Waals surface area contributed by atoms with Gasteiger partial charge in [-0.3, -0.25) is 0 Å². The van der Waals surface area contributed by atoms with Gasteiger partial charge in [-0.1, -0.05) is 19.1 Å². The molecule has 0 radical (unpaired) electrons. The smallest absolute Gasteiger partial charge is 0.140 e. The molecular weight excluding hydrogens is 268 g/mol. The Kier molecular flexibility index (Phi) is 4.03. The summed E-state index contributed by atoms with van der Waals surface area (Å²) >= 11 is 1.71. The van der Waals surface area contributed by atoms with Gasteiger partial charge in [0.05, 0.1) is 5.69 Å². The second kappa shape index (κ2) is 5.94. The van der Waals surface area contributed by atoms with E-state index in [-0.39, 0.29) is 6.04 Å². The number of hydrogen-bond donors (Lipinski definition) is 1. The molecule has 3 nitrogen and oxygen atoms in total. The predicted molar refractivity (Wildman–Crippen MR) is 82.1 cm³/mol. The first-order valence-corrected chi connectivity index (χ1v) is 8.03. The number of nitrogens with two attached hydrogens (primary N) is 1. The zero-order chi connectivity index (χ0) is 13.9. The minimum atomic E-state index is 0.175. The van der Waals surface area contributed by atoms with E-state index in [0.717, 1.165) is 36.4 Å². The van der Waals surface area contributed by atoms with E-state index in [0.29, 0.717) is 6.61 Å². The van der Waals surface area contributed by atoms with Crippen LogP contribution in [-0.2, 0) is 19.4 Å². The minimum Gasteiger partial charge on any atom is -0.486 e. The molecule has 2 aromatic rings. The van der Waals surface area contributed by atoms with Crippen molar-refractivity contribution in [1.82, 2.24) is 4.98 Å². The van der Waals surface area contributed by atoms with Crippen molar-refractivity contribution in [2.24, 2.45) is 5.73 Å². The van der Waals surface area contributed by atoms with Gasteiger partial charge in [0.1, 0.15) is 17.4 Å². The molecule has 0 amide bonds. The highest BCUT2D eigenvalue weighted by Crippen LogP contribution is 2.32. The van der Waals surface area contributed by atoms with Gasteiger partial charge < -0.3 is 10.5 Å². The predicted octanol–water partition coefficient (Wildman–Crippen LogP) is 3.62. The lowest BCUT2D eigenvalue weighted by molar-refractivity contribution is 0.305. The summed E-state index contributed by atoms with van der Waals surface area (Å²) in [5, 5.41) is 1.03. The van der Waals surface area contributed by atoms with Gasteiger partial charge in [0.2, 0.25) is 0 Å². The average molecular weight is 288 g/mol. The summed E-state index contributed by atoms with van der Waals surface area (Å²) in [6.45, 7) is 2.69. The molecule has 1 heterocycles. The summed E-state index contributed by atoms with van der Waals surface area (Å²) in [4.78, 5) is 5.92. The lowest BCUT2D eigenvalue weighted by atomic mass is 9.99. The number of nitrogens with zero attached hydrogens (tertiary/aromatic N) is 1. The topological polar surface area (TPSA) is 48.1 Å². The lowest BCUT2D eigenvalue weighted by Gasteiger charge is -2.15. The number of thiazole rings is 1. The molecule has 0 aliphatic heterocycles. The van der Waals surface area contributed by atoms with Crippen LogP contribution in [0.4, 0.5) is 0 Å². The molecular formula is C16H20N2OS. The largest absolute Gasteiger partial charge is 0.486 e. The Hall–Kier alpha value is -1.39. The van der Waals surface area contributed by atoms with E-state index >= 15 is 0 Å². The van der Waals surface area contributed by atoms with Crippen molar-refractivity contribution in [3.8, 4) is 5.75 Å². The molecule has 0 spiro atoms. The average Bonchev–Trinajstić information content (AvgIpc) is 2.90.